The van der Waals surface area contributed by atoms with Crippen molar-refractivity contribution in [1.82, 2.24) is 5.32 Å². The monoisotopic (exact) mass is 367 g/mol. The van der Waals surface area contributed by atoms with Crippen molar-refractivity contribution in [3.8, 4) is 0 Å². The van der Waals surface area contributed by atoms with Crippen LogP contribution in [0.2, 0.25) is 0 Å². The van der Waals surface area contributed by atoms with Crippen LogP contribution in [0.4, 0.5) is 0 Å². The third kappa shape index (κ3) is 4.27. The van der Waals surface area contributed by atoms with E-state index in [1.54, 1.807) is 0 Å². The molecule has 2 fully saturated rings. The predicted octanol–water partition coefficient (Wildman–Crippen LogP) is -4.23. The van der Waals surface area contributed by atoms with Gasteiger partial charge in [0.05, 0.1) is 12.7 Å². The molecule has 0 bridgehead atoms. The summed E-state index contributed by atoms with van der Waals surface area (Å²) < 4.78 is 15.8. The molecule has 10 atom stereocenters. The minimum absolute atomic E-state index is 0.517. The van der Waals surface area contributed by atoms with Crippen LogP contribution in [-0.2, 0) is 19.0 Å². The SMILES string of the molecule is CC(=O)N[C@H]1[C@H](O[C@H]2O[C@H](CO)[C@@H](O)[C@H](O)[C@H]2O)[C@@H](O)[C@H](C)O[C@H]1O. The molecular weight excluding hydrogens is 342 g/mol. The minimum atomic E-state index is -1.68. The summed E-state index contributed by atoms with van der Waals surface area (Å²) in [5.41, 5.74) is 0. The maximum absolute atomic E-state index is 11.3. The predicted molar refractivity (Wildman–Crippen MR) is 78.8 cm³/mol. The molecule has 1 amide bonds. The molecular formula is C14H25NO10. The Morgan fingerprint density at radius 1 is 1.04 bits per heavy atom. The van der Waals surface area contributed by atoms with Crippen molar-refractivity contribution in [2.45, 2.75) is 75.2 Å². The molecule has 25 heavy (non-hydrogen) atoms. The van der Waals surface area contributed by atoms with Crippen molar-refractivity contribution in [3.05, 3.63) is 0 Å². The molecule has 2 aliphatic heterocycles. The van der Waals surface area contributed by atoms with Gasteiger partial charge in [-0.25, -0.2) is 0 Å². The first-order valence-corrected chi connectivity index (χ1v) is 7.92. The van der Waals surface area contributed by atoms with Crippen molar-refractivity contribution in [1.29, 1.82) is 0 Å². The first-order chi connectivity index (χ1) is 11.7. The Balaban J connectivity index is 2.19. The van der Waals surface area contributed by atoms with Crippen molar-refractivity contribution in [2.24, 2.45) is 0 Å². The van der Waals surface area contributed by atoms with E-state index in [4.69, 9.17) is 14.2 Å². The molecule has 2 heterocycles. The second-order valence-electron chi connectivity index (χ2n) is 6.25. The fourth-order valence-corrected chi connectivity index (χ4v) is 2.91. The van der Waals surface area contributed by atoms with Crippen LogP contribution in [0.15, 0.2) is 0 Å². The molecule has 2 saturated heterocycles. The summed E-state index contributed by atoms with van der Waals surface area (Å²) in [5.74, 6) is -0.517. The number of rotatable bonds is 4. The van der Waals surface area contributed by atoms with Gasteiger partial charge in [-0.1, -0.05) is 0 Å². The zero-order chi connectivity index (χ0) is 18.9. The van der Waals surface area contributed by atoms with E-state index in [2.05, 4.69) is 5.32 Å². The van der Waals surface area contributed by atoms with Crippen LogP contribution in [0.1, 0.15) is 13.8 Å². The highest BCUT2D eigenvalue weighted by Gasteiger charge is 2.50. The summed E-state index contributed by atoms with van der Waals surface area (Å²) in [6.45, 7) is 2.03. The first kappa shape index (κ1) is 20.4. The van der Waals surface area contributed by atoms with Crippen molar-refractivity contribution in [2.75, 3.05) is 6.61 Å². The fraction of sp³-hybridized carbons (Fsp3) is 0.929. The van der Waals surface area contributed by atoms with E-state index < -0.39 is 73.9 Å². The number of carbonyl (C=O) groups excluding carboxylic acids is 1. The van der Waals surface area contributed by atoms with E-state index in [9.17, 15) is 35.4 Å². The maximum Gasteiger partial charge on any atom is 0.217 e. The van der Waals surface area contributed by atoms with E-state index in [0.717, 1.165) is 0 Å². The Kier molecular flexibility index (Phi) is 6.70. The van der Waals surface area contributed by atoms with Gasteiger partial charge < -0.3 is 50.2 Å². The maximum atomic E-state index is 11.3. The lowest BCUT2D eigenvalue weighted by atomic mass is 9.96. The average molecular weight is 367 g/mol. The number of nitrogens with one attached hydrogen (secondary N) is 1. The molecule has 2 aliphatic rings. The third-order valence-electron chi connectivity index (χ3n) is 4.34. The summed E-state index contributed by atoms with van der Waals surface area (Å²) >= 11 is 0. The van der Waals surface area contributed by atoms with Gasteiger partial charge in [-0.3, -0.25) is 4.79 Å². The van der Waals surface area contributed by atoms with Gasteiger partial charge in [0, 0.05) is 6.92 Å². The van der Waals surface area contributed by atoms with Crippen LogP contribution < -0.4 is 5.32 Å². The highest BCUT2D eigenvalue weighted by atomic mass is 16.7. The summed E-state index contributed by atoms with van der Waals surface area (Å²) in [5, 5.41) is 61.5. The van der Waals surface area contributed by atoms with Crippen LogP contribution in [-0.4, -0.2) is 105 Å². The second-order valence-corrected chi connectivity index (χ2v) is 6.25. The molecule has 2 rings (SSSR count). The number of hydrogen-bond donors (Lipinski definition) is 7. The quantitative estimate of drug-likeness (QED) is 0.257. The Morgan fingerprint density at radius 2 is 1.68 bits per heavy atom. The Labute approximate surface area is 143 Å². The number of ether oxygens (including phenoxy) is 3. The number of carbonyl (C=O) groups is 1. The third-order valence-corrected chi connectivity index (χ3v) is 4.34. The lowest BCUT2D eigenvalue weighted by Gasteiger charge is -2.46. The topological polar surface area (TPSA) is 178 Å². The Bertz CT molecular complexity index is 463. The molecule has 0 unspecified atom stereocenters. The van der Waals surface area contributed by atoms with Crippen molar-refractivity contribution in [3.63, 3.8) is 0 Å². The molecule has 146 valence electrons. The molecule has 11 heteroatoms. The first-order valence-electron chi connectivity index (χ1n) is 7.92. The van der Waals surface area contributed by atoms with Crippen LogP contribution >= 0.6 is 0 Å². The number of aliphatic hydroxyl groups excluding tert-OH is 6. The van der Waals surface area contributed by atoms with Crippen molar-refractivity contribution < 1.29 is 49.6 Å². The zero-order valence-corrected chi connectivity index (χ0v) is 13.8. The highest BCUT2D eigenvalue weighted by Crippen LogP contribution is 2.28. The molecule has 0 radical (unpaired) electrons. The molecule has 0 aromatic rings. The van der Waals surface area contributed by atoms with E-state index in [0.29, 0.717) is 0 Å². The minimum Gasteiger partial charge on any atom is -0.394 e. The highest BCUT2D eigenvalue weighted by molar-refractivity contribution is 5.73. The Hall–Kier alpha value is -0.890. The summed E-state index contributed by atoms with van der Waals surface area (Å²) in [4.78, 5) is 11.3. The number of amides is 1. The van der Waals surface area contributed by atoms with E-state index in [-0.39, 0.29) is 0 Å². The molecule has 11 nitrogen and oxygen atoms in total. The molecule has 0 spiro atoms. The average Bonchev–Trinajstić information content (AvgIpc) is 2.55. The van der Waals surface area contributed by atoms with Crippen LogP contribution in [0.25, 0.3) is 0 Å². The summed E-state index contributed by atoms with van der Waals surface area (Å²) in [6.07, 6.45) is -12.5. The second kappa shape index (κ2) is 8.20. The largest absolute Gasteiger partial charge is 0.394 e. The molecule has 0 aromatic heterocycles. The smallest absolute Gasteiger partial charge is 0.217 e. The lowest BCUT2D eigenvalue weighted by Crippen LogP contribution is -2.66. The van der Waals surface area contributed by atoms with E-state index >= 15 is 0 Å². The molecule has 0 aliphatic carbocycles. The summed E-state index contributed by atoms with van der Waals surface area (Å²) in [7, 11) is 0. The van der Waals surface area contributed by atoms with E-state index in [1.165, 1.54) is 13.8 Å². The van der Waals surface area contributed by atoms with Crippen LogP contribution in [0.3, 0.4) is 0 Å². The number of aliphatic hydroxyl groups is 6. The standard InChI is InChI=1S/C14H25NO10/c1-4-8(18)12(7(13(22)23-4)15-5(2)17)25-14-11(21)10(20)9(19)6(3-16)24-14/h4,6-14,16,18-22H,3H2,1-2H3,(H,15,17)/t4-,6+,7-,8-,9+,10-,11+,12-,13+,14+/m0/s1. The molecule has 7 N–H and O–H groups in total. The Morgan fingerprint density at radius 3 is 2.24 bits per heavy atom. The van der Waals surface area contributed by atoms with Gasteiger partial charge in [0.1, 0.15) is 42.7 Å². The van der Waals surface area contributed by atoms with Gasteiger partial charge >= 0.3 is 0 Å². The van der Waals surface area contributed by atoms with Gasteiger partial charge in [-0.15, -0.1) is 0 Å². The zero-order valence-electron chi connectivity index (χ0n) is 13.8. The number of hydrogen-bond acceptors (Lipinski definition) is 10. The van der Waals surface area contributed by atoms with Gasteiger partial charge in [0.25, 0.3) is 0 Å². The van der Waals surface area contributed by atoms with Crippen LogP contribution in [0.5, 0.6) is 0 Å². The van der Waals surface area contributed by atoms with Crippen molar-refractivity contribution >= 4 is 5.91 Å². The van der Waals surface area contributed by atoms with Gasteiger partial charge in [0.2, 0.25) is 5.91 Å². The van der Waals surface area contributed by atoms with Gasteiger partial charge in [-0.2, -0.15) is 0 Å². The van der Waals surface area contributed by atoms with Crippen LogP contribution in [0, 0.1) is 0 Å². The lowest BCUT2D eigenvalue weighted by molar-refractivity contribution is -0.339. The molecule has 0 aromatic carbocycles. The van der Waals surface area contributed by atoms with Gasteiger partial charge in [0.15, 0.2) is 12.6 Å². The normalized spacial score (nSPS) is 48.2. The van der Waals surface area contributed by atoms with E-state index in [1.807, 2.05) is 0 Å². The molecule has 0 saturated carbocycles. The fourth-order valence-electron chi connectivity index (χ4n) is 2.91. The summed E-state index contributed by atoms with van der Waals surface area (Å²) in [6, 6.07) is -1.17. The van der Waals surface area contributed by atoms with Gasteiger partial charge in [-0.05, 0) is 6.92 Å².